The number of carboxylic acid groups (broad SMARTS) is 1. The fourth-order valence-corrected chi connectivity index (χ4v) is 4.63. The summed E-state index contributed by atoms with van der Waals surface area (Å²) in [5, 5.41) is 12.2. The van der Waals surface area contributed by atoms with Gasteiger partial charge in [-0.05, 0) is 44.1 Å². The molecule has 2 saturated heterocycles. The van der Waals surface area contributed by atoms with Crippen LogP contribution in [-0.2, 0) is 9.59 Å². The van der Waals surface area contributed by atoms with E-state index in [1.165, 1.54) is 12.8 Å². The summed E-state index contributed by atoms with van der Waals surface area (Å²) in [5.74, 6) is -1.26. The molecule has 0 aromatic carbocycles. The molecule has 2 bridgehead atoms. The smallest absolute Gasteiger partial charge is 0.307 e. The van der Waals surface area contributed by atoms with Crippen LogP contribution in [0.15, 0.2) is 0 Å². The third-order valence-electron chi connectivity index (χ3n) is 6.14. The van der Waals surface area contributed by atoms with Gasteiger partial charge in [0.1, 0.15) is 0 Å². The molecule has 5 nitrogen and oxygen atoms in total. The topological polar surface area (TPSA) is 69.6 Å². The zero-order valence-corrected chi connectivity index (χ0v) is 13.1. The van der Waals surface area contributed by atoms with Crippen LogP contribution in [0.2, 0.25) is 0 Å². The first kappa shape index (κ1) is 14.8. The quantitative estimate of drug-likeness (QED) is 0.821. The molecule has 5 heteroatoms. The van der Waals surface area contributed by atoms with Crippen LogP contribution >= 0.6 is 0 Å². The first-order valence-electron chi connectivity index (χ1n) is 8.04. The minimum absolute atomic E-state index is 0.0707. The van der Waals surface area contributed by atoms with Crippen molar-refractivity contribution in [2.24, 2.45) is 23.2 Å². The predicted octanol–water partition coefficient (Wildman–Crippen LogP) is 1.33. The van der Waals surface area contributed by atoms with Crippen molar-refractivity contribution in [2.75, 3.05) is 13.6 Å². The van der Waals surface area contributed by atoms with Crippen molar-refractivity contribution in [3.05, 3.63) is 0 Å². The van der Waals surface area contributed by atoms with Gasteiger partial charge in [-0.15, -0.1) is 0 Å². The molecule has 0 radical (unpaired) electrons. The van der Waals surface area contributed by atoms with Gasteiger partial charge in [0.25, 0.3) is 0 Å². The Morgan fingerprint density at radius 2 is 1.76 bits per heavy atom. The van der Waals surface area contributed by atoms with Gasteiger partial charge in [-0.3, -0.25) is 9.59 Å². The summed E-state index contributed by atoms with van der Waals surface area (Å²) in [7, 11) is 2.21. The number of nitrogens with one attached hydrogen (secondary N) is 1. The number of hydrogen-bond acceptors (Lipinski definition) is 3. The molecule has 3 fully saturated rings. The van der Waals surface area contributed by atoms with Gasteiger partial charge in [0.05, 0.1) is 11.8 Å². The highest BCUT2D eigenvalue weighted by Gasteiger charge is 2.65. The van der Waals surface area contributed by atoms with E-state index in [0.29, 0.717) is 24.5 Å². The molecule has 4 atom stereocenters. The van der Waals surface area contributed by atoms with Gasteiger partial charge in [-0.25, -0.2) is 0 Å². The first-order chi connectivity index (χ1) is 9.82. The number of carboxylic acids is 1. The number of piperidine rings is 1. The van der Waals surface area contributed by atoms with Crippen LogP contribution in [0.4, 0.5) is 0 Å². The largest absolute Gasteiger partial charge is 0.481 e. The lowest BCUT2D eigenvalue weighted by molar-refractivity contribution is -0.140. The second kappa shape index (κ2) is 4.97. The molecule has 3 aliphatic rings. The molecule has 2 heterocycles. The van der Waals surface area contributed by atoms with Crippen molar-refractivity contribution in [3.8, 4) is 0 Å². The Labute approximate surface area is 126 Å². The maximum absolute atomic E-state index is 12.2. The summed E-state index contributed by atoms with van der Waals surface area (Å²) in [4.78, 5) is 25.9. The van der Waals surface area contributed by atoms with E-state index in [4.69, 9.17) is 5.11 Å². The van der Waals surface area contributed by atoms with E-state index < -0.39 is 17.3 Å². The Hall–Kier alpha value is -1.10. The monoisotopic (exact) mass is 294 g/mol. The molecular weight excluding hydrogens is 268 g/mol. The van der Waals surface area contributed by atoms with Crippen molar-refractivity contribution in [2.45, 2.75) is 51.6 Å². The third-order valence-corrected chi connectivity index (χ3v) is 6.14. The number of amides is 1. The van der Waals surface area contributed by atoms with Gasteiger partial charge in [0, 0.05) is 18.6 Å². The number of rotatable bonds is 4. The second-order valence-corrected chi connectivity index (χ2v) is 7.75. The molecule has 3 rings (SSSR count). The average molecular weight is 294 g/mol. The molecule has 0 spiro atoms. The SMILES string of the molecule is CN1C2CCC1CC(CNC(=O)[C@H]1[C@@H](C(=O)O)C1(C)C)C2. The fraction of sp³-hybridized carbons (Fsp3) is 0.875. The number of nitrogens with zero attached hydrogens (tertiary/aromatic N) is 1. The van der Waals surface area contributed by atoms with Gasteiger partial charge in [-0.1, -0.05) is 13.8 Å². The van der Waals surface area contributed by atoms with Crippen LogP contribution in [-0.4, -0.2) is 47.6 Å². The van der Waals surface area contributed by atoms with E-state index in [0.717, 1.165) is 12.8 Å². The minimum atomic E-state index is -0.850. The molecule has 2 N–H and O–H groups in total. The second-order valence-electron chi connectivity index (χ2n) is 7.75. The zero-order valence-electron chi connectivity index (χ0n) is 13.1. The number of carbonyl (C=O) groups is 2. The lowest BCUT2D eigenvalue weighted by atomic mass is 9.91. The Bertz CT molecular complexity index is 448. The summed E-state index contributed by atoms with van der Waals surface area (Å²) >= 11 is 0. The lowest BCUT2D eigenvalue weighted by Gasteiger charge is -2.36. The van der Waals surface area contributed by atoms with Gasteiger partial charge >= 0.3 is 5.97 Å². The van der Waals surface area contributed by atoms with E-state index in [9.17, 15) is 9.59 Å². The summed E-state index contributed by atoms with van der Waals surface area (Å²) in [5.41, 5.74) is -0.401. The molecule has 0 aromatic heterocycles. The standard InChI is InChI=1S/C16H26N2O3/c1-16(2)12(13(16)15(20)21)14(19)17-8-9-6-10-4-5-11(7-9)18(10)3/h9-13H,4-8H2,1-3H3,(H,17,19)(H,20,21)/t9?,10?,11?,12-,13+/m1/s1. The van der Waals surface area contributed by atoms with Gasteiger partial charge in [0.15, 0.2) is 0 Å². The van der Waals surface area contributed by atoms with Crippen LogP contribution in [0.3, 0.4) is 0 Å². The highest BCUT2D eigenvalue weighted by Crippen LogP contribution is 2.58. The number of aliphatic carboxylic acids is 1. The van der Waals surface area contributed by atoms with Gasteiger partial charge in [0.2, 0.25) is 5.91 Å². The van der Waals surface area contributed by atoms with Crippen molar-refractivity contribution in [1.82, 2.24) is 10.2 Å². The maximum Gasteiger partial charge on any atom is 0.307 e. The van der Waals surface area contributed by atoms with Gasteiger partial charge in [-0.2, -0.15) is 0 Å². The van der Waals surface area contributed by atoms with Crippen LogP contribution < -0.4 is 5.32 Å². The molecule has 21 heavy (non-hydrogen) atoms. The van der Waals surface area contributed by atoms with Gasteiger partial charge < -0.3 is 15.3 Å². The zero-order chi connectivity index (χ0) is 15.4. The summed E-state index contributed by atoms with van der Waals surface area (Å²) in [6, 6.07) is 1.35. The fourth-order valence-electron chi connectivity index (χ4n) is 4.63. The Kier molecular flexibility index (Phi) is 3.51. The van der Waals surface area contributed by atoms with Crippen molar-refractivity contribution in [1.29, 1.82) is 0 Å². The molecule has 2 aliphatic heterocycles. The normalized spacial score (nSPS) is 40.8. The molecule has 0 aromatic rings. The average Bonchev–Trinajstić information content (AvgIpc) is 2.94. The molecule has 2 unspecified atom stereocenters. The summed E-state index contributed by atoms with van der Waals surface area (Å²) in [6.07, 6.45) is 4.87. The summed E-state index contributed by atoms with van der Waals surface area (Å²) < 4.78 is 0. The molecule has 1 saturated carbocycles. The number of fused-ring (bicyclic) bond motifs is 2. The molecule has 118 valence electrons. The Balaban J connectivity index is 1.50. The van der Waals surface area contributed by atoms with Crippen molar-refractivity contribution in [3.63, 3.8) is 0 Å². The first-order valence-corrected chi connectivity index (χ1v) is 8.04. The van der Waals surface area contributed by atoms with Crippen molar-refractivity contribution < 1.29 is 14.7 Å². The lowest BCUT2D eigenvalue weighted by Crippen LogP contribution is -2.43. The van der Waals surface area contributed by atoms with Crippen LogP contribution in [0.5, 0.6) is 0 Å². The van der Waals surface area contributed by atoms with Crippen LogP contribution in [0, 0.1) is 23.2 Å². The highest BCUT2D eigenvalue weighted by molar-refractivity contribution is 5.91. The maximum atomic E-state index is 12.2. The minimum Gasteiger partial charge on any atom is -0.481 e. The van der Waals surface area contributed by atoms with E-state index in [1.54, 1.807) is 0 Å². The highest BCUT2D eigenvalue weighted by atomic mass is 16.4. The Morgan fingerprint density at radius 3 is 2.24 bits per heavy atom. The molecule has 1 amide bonds. The molecular formula is C16H26N2O3. The van der Waals surface area contributed by atoms with E-state index in [2.05, 4.69) is 17.3 Å². The Morgan fingerprint density at radius 1 is 1.19 bits per heavy atom. The van der Waals surface area contributed by atoms with Crippen molar-refractivity contribution >= 4 is 11.9 Å². The number of hydrogen-bond donors (Lipinski definition) is 2. The van der Waals surface area contributed by atoms with E-state index in [1.807, 2.05) is 13.8 Å². The number of carbonyl (C=O) groups excluding carboxylic acids is 1. The van der Waals surface area contributed by atoms with Crippen LogP contribution in [0.25, 0.3) is 0 Å². The predicted molar refractivity (Wildman–Crippen MR) is 78.7 cm³/mol. The summed E-state index contributed by atoms with van der Waals surface area (Å²) in [6.45, 7) is 4.44. The third kappa shape index (κ3) is 2.45. The van der Waals surface area contributed by atoms with Crippen LogP contribution in [0.1, 0.15) is 39.5 Å². The van der Waals surface area contributed by atoms with E-state index >= 15 is 0 Å². The van der Waals surface area contributed by atoms with E-state index in [-0.39, 0.29) is 11.8 Å². The molecule has 1 aliphatic carbocycles.